The summed E-state index contributed by atoms with van der Waals surface area (Å²) in [5, 5.41) is 8.51. The predicted octanol–water partition coefficient (Wildman–Crippen LogP) is 6.21. The van der Waals surface area contributed by atoms with Gasteiger partial charge in [0, 0.05) is 11.3 Å². The zero-order chi connectivity index (χ0) is 21.8. The van der Waals surface area contributed by atoms with Crippen molar-refractivity contribution in [2.45, 2.75) is 34.1 Å². The van der Waals surface area contributed by atoms with Gasteiger partial charge in [0.15, 0.2) is 0 Å². The SMILES string of the molecule is C=CC(/C(/C=C(\N)c1ccccc1)=C/CC)=C1/C=CC(/C=C\C)=C(N)C1=N.CC. The van der Waals surface area contributed by atoms with E-state index in [1.807, 2.05) is 81.5 Å². The lowest BCUT2D eigenvalue weighted by atomic mass is 9.89. The van der Waals surface area contributed by atoms with Crippen LogP contribution in [0.2, 0.25) is 0 Å². The van der Waals surface area contributed by atoms with Crippen LogP contribution in [0.1, 0.15) is 39.7 Å². The van der Waals surface area contributed by atoms with Gasteiger partial charge in [0.2, 0.25) is 0 Å². The van der Waals surface area contributed by atoms with Crippen molar-refractivity contribution >= 4 is 11.4 Å². The zero-order valence-electron chi connectivity index (χ0n) is 18.0. The minimum absolute atomic E-state index is 0.300. The maximum absolute atomic E-state index is 8.51. The van der Waals surface area contributed by atoms with Crippen molar-refractivity contribution in [3.05, 3.63) is 113 Å². The van der Waals surface area contributed by atoms with Gasteiger partial charge >= 0.3 is 0 Å². The van der Waals surface area contributed by atoms with Gasteiger partial charge in [-0.25, -0.2) is 0 Å². The van der Waals surface area contributed by atoms with Gasteiger partial charge < -0.3 is 11.5 Å². The van der Waals surface area contributed by atoms with Crippen molar-refractivity contribution in [3.63, 3.8) is 0 Å². The van der Waals surface area contributed by atoms with Crippen LogP contribution in [0.15, 0.2) is 107 Å². The van der Waals surface area contributed by atoms with Crippen molar-refractivity contribution in [2.75, 3.05) is 0 Å². The molecule has 5 N–H and O–H groups in total. The molecule has 0 saturated carbocycles. The molecule has 1 aliphatic carbocycles. The summed E-state index contributed by atoms with van der Waals surface area (Å²) < 4.78 is 0. The Morgan fingerprint density at radius 3 is 2.34 bits per heavy atom. The molecule has 0 heterocycles. The van der Waals surface area contributed by atoms with Gasteiger partial charge in [-0.3, -0.25) is 5.41 Å². The fourth-order valence-electron chi connectivity index (χ4n) is 2.92. The molecular weight excluding hydrogens is 354 g/mol. The first kappa shape index (κ1) is 23.7. The number of hydrogen-bond donors (Lipinski definition) is 3. The smallest absolute Gasteiger partial charge is 0.0853 e. The second-order valence-corrected chi connectivity index (χ2v) is 6.14. The second kappa shape index (κ2) is 12.2. The third-order valence-corrected chi connectivity index (χ3v) is 4.27. The van der Waals surface area contributed by atoms with Crippen molar-refractivity contribution in [1.29, 1.82) is 5.41 Å². The van der Waals surface area contributed by atoms with E-state index in [1.165, 1.54) is 0 Å². The molecule has 0 radical (unpaired) electrons. The van der Waals surface area contributed by atoms with Crippen LogP contribution in [0.3, 0.4) is 0 Å². The van der Waals surface area contributed by atoms with Crippen molar-refractivity contribution in [1.82, 2.24) is 0 Å². The summed E-state index contributed by atoms with van der Waals surface area (Å²) in [5.41, 5.74) is 18.2. The first-order valence-corrected chi connectivity index (χ1v) is 10.0. The molecule has 1 aromatic rings. The highest BCUT2D eigenvalue weighted by Crippen LogP contribution is 2.27. The summed E-state index contributed by atoms with van der Waals surface area (Å²) in [5.74, 6) is 0. The van der Waals surface area contributed by atoms with Gasteiger partial charge in [0.1, 0.15) is 0 Å². The largest absolute Gasteiger partial charge is 0.398 e. The van der Waals surface area contributed by atoms with Crippen molar-refractivity contribution in [2.24, 2.45) is 11.5 Å². The molecular formula is C26H33N3. The molecule has 1 aliphatic rings. The van der Waals surface area contributed by atoms with E-state index in [0.29, 0.717) is 17.1 Å². The maximum atomic E-state index is 8.51. The monoisotopic (exact) mass is 387 g/mol. The molecule has 152 valence electrons. The van der Waals surface area contributed by atoms with E-state index in [-0.39, 0.29) is 0 Å². The summed E-state index contributed by atoms with van der Waals surface area (Å²) in [6, 6.07) is 9.83. The molecule has 0 atom stereocenters. The molecule has 0 aromatic heterocycles. The van der Waals surface area contributed by atoms with E-state index in [4.69, 9.17) is 16.9 Å². The molecule has 29 heavy (non-hydrogen) atoms. The Morgan fingerprint density at radius 2 is 1.79 bits per heavy atom. The molecule has 0 spiro atoms. The molecule has 3 heteroatoms. The van der Waals surface area contributed by atoms with Crippen molar-refractivity contribution < 1.29 is 0 Å². The predicted molar refractivity (Wildman–Crippen MR) is 128 cm³/mol. The number of nitrogens with one attached hydrogen (secondary N) is 1. The summed E-state index contributed by atoms with van der Waals surface area (Å²) in [4.78, 5) is 0. The summed E-state index contributed by atoms with van der Waals surface area (Å²) in [7, 11) is 0. The topological polar surface area (TPSA) is 75.9 Å². The van der Waals surface area contributed by atoms with E-state index in [9.17, 15) is 0 Å². The van der Waals surface area contributed by atoms with Gasteiger partial charge in [-0.2, -0.15) is 0 Å². The summed E-state index contributed by atoms with van der Waals surface area (Å²) in [6.45, 7) is 12.0. The quantitative estimate of drug-likeness (QED) is 0.508. The number of benzene rings is 1. The molecule has 0 amide bonds. The van der Waals surface area contributed by atoms with E-state index in [1.54, 1.807) is 6.08 Å². The maximum Gasteiger partial charge on any atom is 0.0853 e. The van der Waals surface area contributed by atoms with Crippen LogP contribution in [-0.2, 0) is 0 Å². The molecule has 0 aliphatic heterocycles. The second-order valence-electron chi connectivity index (χ2n) is 6.14. The Balaban J connectivity index is 0.00000204. The Kier molecular flexibility index (Phi) is 9.97. The van der Waals surface area contributed by atoms with Gasteiger partial charge in [-0.05, 0) is 41.7 Å². The number of rotatable bonds is 6. The molecule has 3 nitrogen and oxygen atoms in total. The lowest BCUT2D eigenvalue weighted by Gasteiger charge is -2.18. The van der Waals surface area contributed by atoms with Crippen LogP contribution in [0, 0.1) is 5.41 Å². The Bertz CT molecular complexity index is 905. The van der Waals surface area contributed by atoms with E-state index >= 15 is 0 Å². The van der Waals surface area contributed by atoms with Crippen LogP contribution in [0.5, 0.6) is 0 Å². The minimum atomic E-state index is 0.300. The van der Waals surface area contributed by atoms with Crippen molar-refractivity contribution in [3.8, 4) is 0 Å². The first-order valence-electron chi connectivity index (χ1n) is 10.0. The van der Waals surface area contributed by atoms with E-state index < -0.39 is 0 Å². The molecule has 0 bridgehead atoms. The van der Waals surface area contributed by atoms with E-state index in [2.05, 4.69) is 19.6 Å². The van der Waals surface area contributed by atoms with Crippen LogP contribution >= 0.6 is 0 Å². The first-order chi connectivity index (χ1) is 14.0. The number of hydrogen-bond acceptors (Lipinski definition) is 3. The molecule has 0 fully saturated rings. The normalized spacial score (nSPS) is 16.6. The number of allylic oxidation sites excluding steroid dienone is 11. The van der Waals surface area contributed by atoms with E-state index in [0.717, 1.165) is 34.3 Å². The minimum Gasteiger partial charge on any atom is -0.398 e. The highest BCUT2D eigenvalue weighted by molar-refractivity contribution is 6.15. The van der Waals surface area contributed by atoms with Gasteiger partial charge in [0.05, 0.1) is 11.4 Å². The zero-order valence-corrected chi connectivity index (χ0v) is 18.0. The number of nitrogens with two attached hydrogens (primary N) is 2. The fraction of sp³-hybridized carbons (Fsp3) is 0.192. The van der Waals surface area contributed by atoms with Gasteiger partial charge in [-0.1, -0.05) is 94.1 Å². The Hall–Kier alpha value is -3.33. The highest BCUT2D eigenvalue weighted by Gasteiger charge is 2.18. The summed E-state index contributed by atoms with van der Waals surface area (Å²) >= 11 is 0. The summed E-state index contributed by atoms with van der Waals surface area (Å²) in [6.07, 6.45) is 14.3. The highest BCUT2D eigenvalue weighted by atomic mass is 14.7. The average molecular weight is 388 g/mol. The van der Waals surface area contributed by atoms with Crippen LogP contribution < -0.4 is 11.5 Å². The third kappa shape index (κ3) is 6.08. The molecule has 0 saturated heterocycles. The molecule has 1 aromatic carbocycles. The molecule has 0 unspecified atom stereocenters. The van der Waals surface area contributed by atoms with Gasteiger partial charge in [0.25, 0.3) is 0 Å². The van der Waals surface area contributed by atoms with Crippen LogP contribution in [-0.4, -0.2) is 5.71 Å². The standard InChI is InChI=1S/C24H27N3.C2H6/c1-4-10-18-14-15-21(24(27)23(18)26)20(6-3)19(11-5-2)16-22(25)17-12-8-7-9-13-17;1-2/h4,6-16,27H,3,5,25-26H2,1-2H3;1-2H3/b10-4-,19-11+,21-20+,22-16-,27-24?;. The third-order valence-electron chi connectivity index (χ3n) is 4.27. The Labute approximate surface area is 175 Å². The fourth-order valence-corrected chi connectivity index (χ4v) is 2.92. The lowest BCUT2D eigenvalue weighted by molar-refractivity contribution is 1.20. The van der Waals surface area contributed by atoms with Crippen LogP contribution in [0.4, 0.5) is 0 Å². The van der Waals surface area contributed by atoms with Gasteiger partial charge in [-0.15, -0.1) is 0 Å². The molecule has 2 rings (SSSR count). The average Bonchev–Trinajstić information content (AvgIpc) is 2.75. The van der Waals surface area contributed by atoms with Crippen LogP contribution in [0.25, 0.3) is 5.70 Å². The Morgan fingerprint density at radius 1 is 1.14 bits per heavy atom. The lowest BCUT2D eigenvalue weighted by Crippen LogP contribution is -2.18.